The normalized spacial score (nSPS) is 32.1. The topological polar surface area (TPSA) is 24.5 Å². The predicted molar refractivity (Wildman–Crippen MR) is 85.1 cm³/mol. The molecule has 2 saturated heterocycles. The Bertz CT molecular complexity index is 287. The van der Waals surface area contributed by atoms with Crippen molar-refractivity contribution in [3.8, 4) is 0 Å². The first-order valence-electron chi connectivity index (χ1n) is 8.59. The summed E-state index contributed by atoms with van der Waals surface area (Å²) in [5.74, 6) is 0.944. The molecule has 2 rings (SSSR count). The Labute approximate surface area is 125 Å². The molecule has 0 aromatic rings. The summed E-state index contributed by atoms with van der Waals surface area (Å²) in [6.07, 6.45) is 7.50. The summed E-state index contributed by atoms with van der Waals surface area (Å²) in [6.45, 7) is 13.7. The smallest absolute Gasteiger partial charge is 0.0707 e. The maximum absolute atomic E-state index is 6.21. The van der Waals surface area contributed by atoms with Crippen molar-refractivity contribution in [2.45, 2.75) is 77.5 Å². The lowest BCUT2D eigenvalue weighted by Crippen LogP contribution is -2.41. The van der Waals surface area contributed by atoms with Gasteiger partial charge in [0, 0.05) is 25.2 Å². The molecule has 2 fully saturated rings. The fourth-order valence-electron chi connectivity index (χ4n) is 3.50. The van der Waals surface area contributed by atoms with Gasteiger partial charge in [-0.3, -0.25) is 0 Å². The van der Waals surface area contributed by atoms with Gasteiger partial charge in [0.25, 0.3) is 0 Å². The van der Waals surface area contributed by atoms with Crippen molar-refractivity contribution >= 4 is 0 Å². The van der Waals surface area contributed by atoms with E-state index >= 15 is 0 Å². The van der Waals surface area contributed by atoms with E-state index in [1.54, 1.807) is 0 Å². The zero-order valence-electron chi connectivity index (χ0n) is 14.0. The van der Waals surface area contributed by atoms with E-state index in [-0.39, 0.29) is 5.54 Å². The molecule has 0 saturated carbocycles. The third kappa shape index (κ3) is 5.34. The second kappa shape index (κ2) is 7.24. The van der Waals surface area contributed by atoms with E-state index in [0.717, 1.165) is 19.0 Å². The fourth-order valence-corrected chi connectivity index (χ4v) is 3.50. The maximum atomic E-state index is 6.21. The summed E-state index contributed by atoms with van der Waals surface area (Å²) < 4.78 is 6.21. The summed E-state index contributed by atoms with van der Waals surface area (Å²) in [5.41, 5.74) is 0.198. The van der Waals surface area contributed by atoms with Crippen molar-refractivity contribution in [3.63, 3.8) is 0 Å². The van der Waals surface area contributed by atoms with Crippen LogP contribution in [0.4, 0.5) is 0 Å². The zero-order chi connectivity index (χ0) is 14.6. The summed E-state index contributed by atoms with van der Waals surface area (Å²) in [4.78, 5) is 2.63. The van der Waals surface area contributed by atoms with E-state index in [1.165, 1.54) is 45.2 Å². The number of rotatable bonds is 6. The van der Waals surface area contributed by atoms with E-state index in [1.807, 2.05) is 0 Å². The van der Waals surface area contributed by atoms with Gasteiger partial charge in [0.05, 0.1) is 12.2 Å². The number of hydrogen-bond acceptors (Lipinski definition) is 3. The van der Waals surface area contributed by atoms with Crippen LogP contribution < -0.4 is 5.32 Å². The Hall–Kier alpha value is -0.120. The van der Waals surface area contributed by atoms with Crippen LogP contribution in [-0.4, -0.2) is 48.8 Å². The Morgan fingerprint density at radius 3 is 2.60 bits per heavy atom. The van der Waals surface area contributed by atoms with Gasteiger partial charge < -0.3 is 15.0 Å². The average Bonchev–Trinajstić information content (AvgIpc) is 2.97. The van der Waals surface area contributed by atoms with Gasteiger partial charge in [-0.1, -0.05) is 13.3 Å². The summed E-state index contributed by atoms with van der Waals surface area (Å²) in [7, 11) is 0. The number of hydrogen-bond donors (Lipinski definition) is 1. The second-order valence-corrected chi connectivity index (χ2v) is 7.79. The maximum Gasteiger partial charge on any atom is 0.0707 e. The summed E-state index contributed by atoms with van der Waals surface area (Å²) in [5, 5.41) is 3.56. The standard InChI is InChI=1S/C17H34N2O/c1-5-6-14-9-10-19(12-14)13-16-8-7-15(20-16)11-18-17(2,3)4/h14-16,18H,5-13H2,1-4H3. The summed E-state index contributed by atoms with van der Waals surface area (Å²) in [6, 6.07) is 0. The molecular weight excluding hydrogens is 248 g/mol. The average molecular weight is 282 g/mol. The Balaban J connectivity index is 1.64. The van der Waals surface area contributed by atoms with E-state index in [9.17, 15) is 0 Å². The van der Waals surface area contributed by atoms with Crippen LogP contribution in [0.3, 0.4) is 0 Å². The predicted octanol–water partition coefficient (Wildman–Crippen LogP) is 3.04. The highest BCUT2D eigenvalue weighted by atomic mass is 16.5. The molecule has 0 aromatic carbocycles. The highest BCUT2D eigenvalue weighted by Crippen LogP contribution is 2.25. The molecule has 3 unspecified atom stereocenters. The van der Waals surface area contributed by atoms with Gasteiger partial charge in [-0.2, -0.15) is 0 Å². The van der Waals surface area contributed by atoms with Gasteiger partial charge in [0.1, 0.15) is 0 Å². The van der Waals surface area contributed by atoms with E-state index in [0.29, 0.717) is 12.2 Å². The SMILES string of the molecule is CCCC1CCN(CC2CCC(CNC(C)(C)C)O2)C1. The van der Waals surface area contributed by atoms with Crippen molar-refractivity contribution in [2.75, 3.05) is 26.2 Å². The number of likely N-dealkylation sites (tertiary alicyclic amines) is 1. The minimum absolute atomic E-state index is 0.198. The monoisotopic (exact) mass is 282 g/mol. The molecular formula is C17H34N2O. The second-order valence-electron chi connectivity index (χ2n) is 7.79. The Morgan fingerprint density at radius 2 is 1.90 bits per heavy atom. The highest BCUT2D eigenvalue weighted by molar-refractivity contribution is 4.83. The molecule has 3 atom stereocenters. The first-order valence-corrected chi connectivity index (χ1v) is 8.59. The molecule has 0 aromatic heterocycles. The van der Waals surface area contributed by atoms with Gasteiger partial charge in [0.2, 0.25) is 0 Å². The van der Waals surface area contributed by atoms with Gasteiger partial charge in [-0.05, 0) is 58.9 Å². The van der Waals surface area contributed by atoms with E-state index in [4.69, 9.17) is 4.74 Å². The van der Waals surface area contributed by atoms with Gasteiger partial charge in [-0.25, -0.2) is 0 Å². The third-order valence-corrected chi connectivity index (χ3v) is 4.58. The van der Waals surface area contributed by atoms with Crippen molar-refractivity contribution in [1.29, 1.82) is 0 Å². The largest absolute Gasteiger partial charge is 0.372 e. The van der Waals surface area contributed by atoms with Gasteiger partial charge in [0.15, 0.2) is 0 Å². The van der Waals surface area contributed by atoms with E-state index < -0.39 is 0 Å². The zero-order valence-corrected chi connectivity index (χ0v) is 14.0. The Morgan fingerprint density at radius 1 is 1.15 bits per heavy atom. The van der Waals surface area contributed by atoms with Crippen LogP contribution in [-0.2, 0) is 4.74 Å². The third-order valence-electron chi connectivity index (χ3n) is 4.58. The highest BCUT2D eigenvalue weighted by Gasteiger charge is 2.30. The van der Waals surface area contributed by atoms with Crippen LogP contribution in [0, 0.1) is 5.92 Å². The van der Waals surface area contributed by atoms with Crippen molar-refractivity contribution < 1.29 is 4.74 Å². The molecule has 1 N–H and O–H groups in total. The molecule has 0 bridgehead atoms. The lowest BCUT2D eigenvalue weighted by molar-refractivity contribution is 0.0242. The number of ether oxygens (including phenoxy) is 1. The first-order chi connectivity index (χ1) is 9.46. The Kier molecular flexibility index (Phi) is 5.88. The lowest BCUT2D eigenvalue weighted by Gasteiger charge is -2.24. The molecule has 2 aliphatic rings. The molecule has 2 heterocycles. The first kappa shape index (κ1) is 16.3. The quantitative estimate of drug-likeness (QED) is 0.810. The van der Waals surface area contributed by atoms with Crippen molar-refractivity contribution in [1.82, 2.24) is 10.2 Å². The lowest BCUT2D eigenvalue weighted by atomic mass is 10.0. The molecule has 3 heteroatoms. The molecule has 0 spiro atoms. The molecule has 3 nitrogen and oxygen atoms in total. The number of nitrogens with one attached hydrogen (secondary N) is 1. The minimum atomic E-state index is 0.198. The van der Waals surface area contributed by atoms with Crippen molar-refractivity contribution in [3.05, 3.63) is 0 Å². The molecule has 2 aliphatic heterocycles. The fraction of sp³-hybridized carbons (Fsp3) is 1.00. The molecule has 118 valence electrons. The van der Waals surface area contributed by atoms with Gasteiger partial charge >= 0.3 is 0 Å². The van der Waals surface area contributed by atoms with Gasteiger partial charge in [-0.15, -0.1) is 0 Å². The number of nitrogens with zero attached hydrogens (tertiary/aromatic N) is 1. The van der Waals surface area contributed by atoms with Crippen LogP contribution in [0.5, 0.6) is 0 Å². The molecule has 0 radical (unpaired) electrons. The molecule has 0 amide bonds. The van der Waals surface area contributed by atoms with Crippen LogP contribution in [0.15, 0.2) is 0 Å². The van der Waals surface area contributed by atoms with E-state index in [2.05, 4.69) is 37.9 Å². The summed E-state index contributed by atoms with van der Waals surface area (Å²) >= 11 is 0. The molecule has 20 heavy (non-hydrogen) atoms. The van der Waals surface area contributed by atoms with Crippen molar-refractivity contribution in [2.24, 2.45) is 5.92 Å². The van der Waals surface area contributed by atoms with Crippen LogP contribution in [0.2, 0.25) is 0 Å². The van der Waals surface area contributed by atoms with Crippen LogP contribution in [0.1, 0.15) is 59.8 Å². The van der Waals surface area contributed by atoms with Crippen LogP contribution in [0.25, 0.3) is 0 Å². The van der Waals surface area contributed by atoms with Crippen LogP contribution >= 0.6 is 0 Å². The minimum Gasteiger partial charge on any atom is -0.372 e. The molecule has 0 aliphatic carbocycles.